The maximum atomic E-state index is 11.9. The van der Waals surface area contributed by atoms with Crippen molar-refractivity contribution in [3.8, 4) is 0 Å². The molecule has 1 atom stereocenters. The second-order valence-corrected chi connectivity index (χ2v) is 4.42. The van der Waals surface area contributed by atoms with E-state index in [1.807, 2.05) is 12.1 Å². The lowest BCUT2D eigenvalue weighted by atomic mass is 10.0. The average Bonchev–Trinajstić information content (AvgIpc) is 2.41. The van der Waals surface area contributed by atoms with Crippen LogP contribution in [0, 0.1) is 0 Å². The minimum Gasteiger partial charge on any atom is -0.388 e. The van der Waals surface area contributed by atoms with E-state index in [1.165, 1.54) is 0 Å². The number of aromatic nitrogens is 1. The zero-order valence-electron chi connectivity index (χ0n) is 10.6. The van der Waals surface area contributed by atoms with Crippen LogP contribution in [0.2, 0.25) is 0 Å². The van der Waals surface area contributed by atoms with Gasteiger partial charge in [-0.3, -0.25) is 4.98 Å². The number of hydrogen-bond acceptors (Lipinski definition) is 3. The van der Waals surface area contributed by atoms with Crippen LogP contribution in [0.15, 0.2) is 36.7 Å². The van der Waals surface area contributed by atoms with Crippen LogP contribution >= 0.6 is 0 Å². The summed E-state index contributed by atoms with van der Waals surface area (Å²) in [5.41, 5.74) is 0.645. The first-order valence-corrected chi connectivity index (χ1v) is 6.12. The third-order valence-electron chi connectivity index (χ3n) is 2.88. The van der Waals surface area contributed by atoms with Crippen LogP contribution in [-0.4, -0.2) is 29.5 Å². The maximum absolute atomic E-state index is 11.9. The van der Waals surface area contributed by atoms with Crippen LogP contribution in [0.4, 0.5) is 13.2 Å². The molecular weight excluding hydrogens is 271 g/mol. The first-order chi connectivity index (χ1) is 9.47. The van der Waals surface area contributed by atoms with E-state index in [0.717, 1.165) is 10.8 Å². The monoisotopic (exact) mass is 285 g/mol. The van der Waals surface area contributed by atoms with Crippen LogP contribution < -0.4 is 0 Å². The highest BCUT2D eigenvalue weighted by atomic mass is 19.4. The number of halogens is 3. The van der Waals surface area contributed by atoms with E-state index in [4.69, 9.17) is 0 Å². The Balaban J connectivity index is 1.99. The van der Waals surface area contributed by atoms with Crippen LogP contribution in [0.3, 0.4) is 0 Å². The summed E-state index contributed by atoms with van der Waals surface area (Å²) in [7, 11) is 0. The van der Waals surface area contributed by atoms with Crippen molar-refractivity contribution < 1.29 is 23.0 Å². The number of hydrogen-bond donors (Lipinski definition) is 1. The second kappa shape index (κ2) is 6.19. The predicted octanol–water partition coefficient (Wildman–Crippen LogP) is 3.24. The third-order valence-corrected chi connectivity index (χ3v) is 2.88. The summed E-state index contributed by atoms with van der Waals surface area (Å²) >= 11 is 0. The minimum absolute atomic E-state index is 0.101. The fourth-order valence-corrected chi connectivity index (χ4v) is 1.97. The molecule has 1 N–H and O–H groups in total. The molecule has 1 unspecified atom stereocenters. The lowest BCUT2D eigenvalue weighted by Gasteiger charge is -2.14. The van der Waals surface area contributed by atoms with Crippen LogP contribution in [0.1, 0.15) is 18.1 Å². The molecule has 1 heterocycles. The van der Waals surface area contributed by atoms with Gasteiger partial charge in [0.25, 0.3) is 0 Å². The number of rotatable bonds is 5. The molecule has 0 bridgehead atoms. The number of aliphatic hydroxyl groups is 1. The fraction of sp³-hybridized carbons (Fsp3) is 0.357. The van der Waals surface area contributed by atoms with Crippen molar-refractivity contribution in [2.45, 2.75) is 18.7 Å². The zero-order chi connectivity index (χ0) is 14.6. The van der Waals surface area contributed by atoms with Gasteiger partial charge in [-0.25, -0.2) is 0 Å². The number of aliphatic hydroxyl groups excluding tert-OH is 1. The Labute approximate surface area is 114 Å². The van der Waals surface area contributed by atoms with Crippen molar-refractivity contribution in [1.29, 1.82) is 0 Å². The van der Waals surface area contributed by atoms with Gasteiger partial charge >= 0.3 is 6.18 Å². The van der Waals surface area contributed by atoms with Crippen molar-refractivity contribution in [1.82, 2.24) is 4.98 Å². The van der Waals surface area contributed by atoms with Gasteiger partial charge in [0.15, 0.2) is 0 Å². The third kappa shape index (κ3) is 3.91. The molecular formula is C14H14F3NO2. The SMILES string of the molecule is OC(CCOCC(F)(F)F)c1cccc2ccncc12. The molecule has 0 aliphatic heterocycles. The fourth-order valence-electron chi connectivity index (χ4n) is 1.97. The van der Waals surface area contributed by atoms with Gasteiger partial charge in [-0.15, -0.1) is 0 Å². The Morgan fingerprint density at radius 1 is 1.25 bits per heavy atom. The first-order valence-electron chi connectivity index (χ1n) is 6.12. The summed E-state index contributed by atoms with van der Waals surface area (Å²) in [6.45, 7) is -1.45. The van der Waals surface area contributed by atoms with Crippen LogP contribution in [-0.2, 0) is 4.74 Å². The number of alkyl halides is 3. The van der Waals surface area contributed by atoms with Crippen LogP contribution in [0.25, 0.3) is 10.8 Å². The Morgan fingerprint density at radius 3 is 2.80 bits per heavy atom. The summed E-state index contributed by atoms with van der Waals surface area (Å²) < 4.78 is 40.2. The Bertz CT molecular complexity index is 566. The van der Waals surface area contributed by atoms with Crippen molar-refractivity contribution in [2.24, 2.45) is 0 Å². The molecule has 3 nitrogen and oxygen atoms in total. The summed E-state index contributed by atoms with van der Waals surface area (Å²) in [5, 5.41) is 11.8. The molecule has 0 spiro atoms. The van der Waals surface area contributed by atoms with E-state index in [2.05, 4.69) is 9.72 Å². The summed E-state index contributed by atoms with van der Waals surface area (Å²) in [4.78, 5) is 3.99. The van der Waals surface area contributed by atoms with Crippen molar-refractivity contribution in [3.05, 3.63) is 42.2 Å². The van der Waals surface area contributed by atoms with Gasteiger partial charge < -0.3 is 9.84 Å². The molecule has 1 aromatic carbocycles. The Hall–Kier alpha value is -1.66. The molecule has 2 aromatic rings. The second-order valence-electron chi connectivity index (χ2n) is 4.42. The molecule has 2 rings (SSSR count). The highest BCUT2D eigenvalue weighted by molar-refractivity contribution is 5.85. The maximum Gasteiger partial charge on any atom is 0.411 e. The summed E-state index contributed by atoms with van der Waals surface area (Å²) in [5.74, 6) is 0. The number of benzene rings is 1. The Kier molecular flexibility index (Phi) is 4.57. The molecule has 20 heavy (non-hydrogen) atoms. The molecule has 0 radical (unpaired) electrons. The molecule has 0 aliphatic rings. The van der Waals surface area contributed by atoms with Gasteiger partial charge in [-0.1, -0.05) is 18.2 Å². The van der Waals surface area contributed by atoms with E-state index >= 15 is 0 Å². The summed E-state index contributed by atoms with van der Waals surface area (Å²) in [6.07, 6.45) is -1.84. The highest BCUT2D eigenvalue weighted by Gasteiger charge is 2.27. The molecule has 0 amide bonds. The molecule has 0 aliphatic carbocycles. The first kappa shape index (κ1) is 14.7. The normalized spacial score (nSPS) is 13.6. The topological polar surface area (TPSA) is 42.4 Å². The van der Waals surface area contributed by atoms with Crippen LogP contribution in [0.5, 0.6) is 0 Å². The summed E-state index contributed by atoms with van der Waals surface area (Å²) in [6, 6.07) is 7.22. The quantitative estimate of drug-likeness (QED) is 0.858. The number of fused-ring (bicyclic) bond motifs is 1. The number of ether oxygens (including phenoxy) is 1. The lowest BCUT2D eigenvalue weighted by Crippen LogP contribution is -2.18. The molecule has 0 fully saturated rings. The predicted molar refractivity (Wildman–Crippen MR) is 68.2 cm³/mol. The van der Waals surface area contributed by atoms with Gasteiger partial charge in [0.2, 0.25) is 0 Å². The van der Waals surface area contributed by atoms with E-state index in [0.29, 0.717) is 5.56 Å². The van der Waals surface area contributed by atoms with Gasteiger partial charge in [0.1, 0.15) is 6.61 Å². The Morgan fingerprint density at radius 2 is 2.05 bits per heavy atom. The number of nitrogens with zero attached hydrogens (tertiary/aromatic N) is 1. The molecule has 6 heteroatoms. The lowest BCUT2D eigenvalue weighted by molar-refractivity contribution is -0.175. The molecule has 0 saturated carbocycles. The standard InChI is InChI=1S/C14H14F3NO2/c15-14(16,17)9-20-7-5-13(19)11-3-1-2-10-4-6-18-8-12(10)11/h1-4,6,8,13,19H,5,7,9H2. The zero-order valence-corrected chi connectivity index (χ0v) is 10.6. The van der Waals surface area contributed by atoms with E-state index in [1.54, 1.807) is 24.5 Å². The van der Waals surface area contributed by atoms with Gasteiger partial charge in [0.05, 0.1) is 6.10 Å². The smallest absolute Gasteiger partial charge is 0.388 e. The minimum atomic E-state index is -4.34. The van der Waals surface area contributed by atoms with Gasteiger partial charge in [-0.05, 0) is 17.0 Å². The highest BCUT2D eigenvalue weighted by Crippen LogP contribution is 2.25. The molecule has 108 valence electrons. The van der Waals surface area contributed by atoms with E-state index in [-0.39, 0.29) is 13.0 Å². The van der Waals surface area contributed by atoms with Crippen molar-refractivity contribution in [3.63, 3.8) is 0 Å². The van der Waals surface area contributed by atoms with E-state index in [9.17, 15) is 18.3 Å². The molecule has 1 aromatic heterocycles. The van der Waals surface area contributed by atoms with E-state index < -0.39 is 18.9 Å². The molecule has 0 saturated heterocycles. The number of pyridine rings is 1. The van der Waals surface area contributed by atoms with Crippen molar-refractivity contribution in [2.75, 3.05) is 13.2 Å². The van der Waals surface area contributed by atoms with Gasteiger partial charge in [-0.2, -0.15) is 13.2 Å². The van der Waals surface area contributed by atoms with Crippen molar-refractivity contribution >= 4 is 10.8 Å². The van der Waals surface area contributed by atoms with Gasteiger partial charge in [0, 0.05) is 30.8 Å². The average molecular weight is 285 g/mol. The largest absolute Gasteiger partial charge is 0.411 e.